The lowest BCUT2D eigenvalue weighted by Gasteiger charge is -2.46. The van der Waals surface area contributed by atoms with Crippen LogP contribution >= 0.6 is 0 Å². The fourth-order valence-electron chi connectivity index (χ4n) is 11.3. The Morgan fingerprint density at radius 1 is 0.654 bits per heavy atom. The van der Waals surface area contributed by atoms with Crippen molar-refractivity contribution in [3.05, 3.63) is 106 Å². The van der Waals surface area contributed by atoms with Gasteiger partial charge in [-0.1, -0.05) is 26.0 Å². The smallest absolute Gasteiger partial charge is 0.321 e. The highest BCUT2D eigenvalue weighted by Gasteiger charge is 2.42. The van der Waals surface area contributed by atoms with Crippen molar-refractivity contribution in [1.82, 2.24) is 70.1 Å². The number of rotatable bonds is 12. The number of aromatic amines is 4. The van der Waals surface area contributed by atoms with E-state index in [9.17, 15) is 33.7 Å². The first-order chi connectivity index (χ1) is 38.7. The third kappa shape index (κ3) is 11.3. The average Bonchev–Trinajstić information content (AvgIpc) is 4.35. The first-order valence-electron chi connectivity index (χ1n) is 27.9. The number of phenols is 2. The molecule has 4 aliphatic heterocycles. The minimum Gasteiger partial charge on any atom is -0.505 e. The summed E-state index contributed by atoms with van der Waals surface area (Å²) >= 11 is 0. The Kier molecular flexibility index (Phi) is 16.2. The van der Waals surface area contributed by atoms with Gasteiger partial charge in [0.2, 0.25) is 5.91 Å². The summed E-state index contributed by atoms with van der Waals surface area (Å²) in [5.74, 6) is -1.41. The number of nitrogens with zero attached hydrogens (tertiary/aromatic N) is 9. The molecule has 19 nitrogen and oxygen atoms in total. The van der Waals surface area contributed by atoms with Crippen molar-refractivity contribution < 1.29 is 33.7 Å². The molecule has 0 saturated carbocycles. The first kappa shape index (κ1) is 56.7. The van der Waals surface area contributed by atoms with Crippen LogP contribution in [0, 0.1) is 11.6 Å². The molecule has 12 rings (SSSR count). The summed E-state index contributed by atoms with van der Waals surface area (Å²) in [4.78, 5) is 52.3. The van der Waals surface area contributed by atoms with E-state index < -0.39 is 23.6 Å². The number of fused-ring (bicyclic) bond motifs is 4. The number of carboxylic acids is 1. The predicted molar refractivity (Wildman–Crippen MR) is 309 cm³/mol. The van der Waals surface area contributed by atoms with Crippen molar-refractivity contribution in [3.8, 4) is 56.8 Å². The standard InChI is InChI=1S/C30H36FN7O2.C25H26FN5O3.C5H12N2/c1-6-17-10-27(39)22(31)11-21(17)18-7-8-20-23(9-18)34-35-28(20)29-32-24-12-26(38(16(2)3)15-25(24)33-29)30(40)37-13-19(14-37)36(4)5;1-4-13-8-22(32)17(26)9-16(13)14-5-6-15-18(7-14)29-30-23(15)24-27-19-10-21(25(33)34)31(12(2)3)11-20(19)28-24;1-7(2)5-3-6-4-5/h7-11,16,19,26,39H,6,12-15H2,1-5H3,(H,32,33)(H,34,35);5-9,12,21,32H,4,10-11H2,1-3H3,(H,27,28)(H,29,30)(H,33,34);5-6H,3-4H2,1-2H3/t26-;21-;/m00./s1. The number of hydrogen-bond donors (Lipinski definition) is 8. The third-order valence-corrected chi connectivity index (χ3v) is 16.6. The Bertz CT molecular complexity index is 3610. The van der Waals surface area contributed by atoms with E-state index in [4.69, 9.17) is 9.97 Å². The topological polar surface area (TPSA) is 238 Å². The van der Waals surface area contributed by atoms with Crippen molar-refractivity contribution in [3.63, 3.8) is 0 Å². The minimum absolute atomic E-state index is 0.0865. The van der Waals surface area contributed by atoms with Crippen LogP contribution in [0.15, 0.2) is 60.7 Å². The zero-order valence-electron chi connectivity index (χ0n) is 47.7. The summed E-state index contributed by atoms with van der Waals surface area (Å²) in [5.41, 5.74) is 11.3. The number of hydrogen-bond acceptors (Lipinski definition) is 13. The normalized spacial score (nSPS) is 17.8. The molecule has 21 heteroatoms. The maximum Gasteiger partial charge on any atom is 0.321 e. The van der Waals surface area contributed by atoms with E-state index in [0.717, 1.165) is 97.1 Å². The van der Waals surface area contributed by atoms with Gasteiger partial charge in [-0.05, 0) is 151 Å². The van der Waals surface area contributed by atoms with Crippen LogP contribution in [0.1, 0.15) is 75.4 Å². The van der Waals surface area contributed by atoms with Crippen LogP contribution in [0.3, 0.4) is 0 Å². The van der Waals surface area contributed by atoms with E-state index >= 15 is 0 Å². The first-order valence-corrected chi connectivity index (χ1v) is 27.9. The highest BCUT2D eigenvalue weighted by Crippen LogP contribution is 2.37. The zero-order chi connectivity index (χ0) is 57.7. The second kappa shape index (κ2) is 23.1. The van der Waals surface area contributed by atoms with Crippen LogP contribution < -0.4 is 5.32 Å². The van der Waals surface area contributed by atoms with Gasteiger partial charge in [0.25, 0.3) is 0 Å². The molecule has 2 saturated heterocycles. The molecule has 0 spiro atoms. The molecule has 0 radical (unpaired) electrons. The predicted octanol–water partition coefficient (Wildman–Crippen LogP) is 7.70. The summed E-state index contributed by atoms with van der Waals surface area (Å²) < 4.78 is 28.3. The van der Waals surface area contributed by atoms with E-state index in [-0.39, 0.29) is 35.5 Å². The number of H-pyrrole nitrogens is 4. The molecule has 81 heavy (non-hydrogen) atoms. The van der Waals surface area contributed by atoms with Gasteiger partial charge in [-0.25, -0.2) is 18.7 Å². The third-order valence-electron chi connectivity index (χ3n) is 16.6. The number of benzene rings is 4. The van der Waals surface area contributed by atoms with Crippen LogP contribution in [0.4, 0.5) is 8.78 Å². The van der Waals surface area contributed by atoms with E-state index in [1.165, 1.54) is 37.4 Å². The molecule has 1 amide bonds. The summed E-state index contributed by atoms with van der Waals surface area (Å²) in [5, 5.41) is 49.3. The Hall–Kier alpha value is -7.56. The van der Waals surface area contributed by atoms with Crippen molar-refractivity contribution in [1.29, 1.82) is 0 Å². The molecule has 2 atom stereocenters. The average molecular weight is 1110 g/mol. The van der Waals surface area contributed by atoms with Gasteiger partial charge in [-0.3, -0.25) is 29.6 Å². The molecule has 0 bridgehead atoms. The Morgan fingerprint density at radius 2 is 1.10 bits per heavy atom. The zero-order valence-corrected chi connectivity index (χ0v) is 47.7. The van der Waals surface area contributed by atoms with Gasteiger partial charge < -0.3 is 45.3 Å². The number of nitrogens with one attached hydrogen (secondary N) is 5. The van der Waals surface area contributed by atoms with Gasteiger partial charge >= 0.3 is 5.97 Å². The van der Waals surface area contributed by atoms with Gasteiger partial charge in [-0.15, -0.1) is 0 Å². The lowest BCUT2D eigenvalue weighted by Crippen LogP contribution is -2.64. The molecule has 428 valence electrons. The van der Waals surface area contributed by atoms with Crippen molar-refractivity contribution in [2.24, 2.45) is 0 Å². The van der Waals surface area contributed by atoms with Crippen LogP contribution in [0.5, 0.6) is 11.5 Å². The number of likely N-dealkylation sites (tertiary alicyclic amines) is 1. The molecule has 4 aromatic carbocycles. The van der Waals surface area contributed by atoms with Crippen LogP contribution in [0.25, 0.3) is 67.1 Å². The number of carbonyl (C=O) groups is 2. The second-order valence-electron chi connectivity index (χ2n) is 22.8. The number of halogens is 2. The quantitative estimate of drug-likeness (QED) is 0.0586. The summed E-state index contributed by atoms with van der Waals surface area (Å²) in [6.45, 7) is 17.2. The van der Waals surface area contributed by atoms with Gasteiger partial charge in [0.1, 0.15) is 17.4 Å². The van der Waals surface area contributed by atoms with Crippen LogP contribution in [-0.2, 0) is 48.4 Å². The number of aryl methyl sites for hydroxylation is 2. The number of amides is 1. The Labute approximate surface area is 469 Å². The fourth-order valence-corrected chi connectivity index (χ4v) is 11.3. The maximum atomic E-state index is 14.2. The van der Waals surface area contributed by atoms with Crippen molar-refractivity contribution >= 4 is 33.7 Å². The molecule has 0 unspecified atom stereocenters. The molecule has 8 aromatic rings. The second-order valence-corrected chi connectivity index (χ2v) is 22.8. The van der Waals surface area contributed by atoms with Crippen LogP contribution in [-0.4, -0.2) is 183 Å². The molecule has 0 aliphatic carbocycles. The van der Waals surface area contributed by atoms with Gasteiger partial charge in [0.15, 0.2) is 34.8 Å². The van der Waals surface area contributed by atoms with Gasteiger partial charge in [0.05, 0.1) is 39.9 Å². The summed E-state index contributed by atoms with van der Waals surface area (Å²) in [6, 6.07) is 17.9. The molecular formula is C60H74F2N14O5. The van der Waals surface area contributed by atoms with Gasteiger partial charge in [-0.2, -0.15) is 10.2 Å². The number of phenolic OH excluding ortho intramolecular Hbond substituents is 2. The molecule has 4 aromatic heterocycles. The lowest BCUT2D eigenvalue weighted by molar-refractivity contribution is -0.146. The summed E-state index contributed by atoms with van der Waals surface area (Å²) in [6.07, 6.45) is 2.21. The molecule has 8 heterocycles. The molecular weight excluding hydrogens is 1030 g/mol. The van der Waals surface area contributed by atoms with E-state index in [1.54, 1.807) is 0 Å². The number of imidazole rings is 2. The highest BCUT2D eigenvalue weighted by molar-refractivity contribution is 5.95. The van der Waals surface area contributed by atoms with Crippen molar-refractivity contribution in [2.75, 3.05) is 54.4 Å². The maximum absolute atomic E-state index is 14.2. The van der Waals surface area contributed by atoms with Crippen LogP contribution in [0.2, 0.25) is 0 Å². The number of carbonyl (C=O) groups excluding carboxylic acids is 1. The largest absolute Gasteiger partial charge is 0.505 e. The fraction of sp³-hybridized carbons (Fsp3) is 0.433. The number of likely N-dealkylation sites (N-methyl/N-ethyl adjacent to an activating group) is 2. The summed E-state index contributed by atoms with van der Waals surface area (Å²) in [7, 11) is 8.34. The number of aliphatic carboxylic acids is 1. The number of aromatic hydroxyl groups is 2. The molecule has 2 fully saturated rings. The van der Waals surface area contributed by atoms with E-state index in [0.29, 0.717) is 67.9 Å². The Balaban J connectivity index is 0.000000164. The van der Waals surface area contributed by atoms with E-state index in [1.807, 2.05) is 73.9 Å². The van der Waals surface area contributed by atoms with Gasteiger partial charge in [0, 0.05) is 87.0 Å². The molecule has 4 aliphatic rings. The number of carboxylic acid groups (broad SMARTS) is 1. The van der Waals surface area contributed by atoms with Crippen molar-refractivity contribution in [2.45, 2.75) is 117 Å². The SMILES string of the molecule is CCc1cc(O)c(F)cc1-c1ccc2c(-c3nc4c([nH]3)CN(C(C)C)[C@H](C(=O)N3CC(N(C)C)C3)C4)n[nH]c2c1.CCc1cc(O)c(F)cc1-c1ccc2c(-c3nc4c([nH]3)CN(C(C)C)[C@H](C(=O)O)C4)n[nH]c2c1.CN(C)C1CNC1. The van der Waals surface area contributed by atoms with E-state index in [2.05, 4.69) is 92.4 Å². The minimum atomic E-state index is -0.848. The monoisotopic (exact) mass is 1110 g/mol. The molecule has 8 N–H and O–H groups in total. The number of aromatic nitrogens is 8. The highest BCUT2D eigenvalue weighted by atomic mass is 19.1. The lowest BCUT2D eigenvalue weighted by atomic mass is 9.96. The Morgan fingerprint density at radius 3 is 1.48 bits per heavy atom.